The maximum Gasteiger partial charge on any atom is 0.0591 e. The van der Waals surface area contributed by atoms with Crippen LogP contribution < -0.4 is 0 Å². The topological polar surface area (TPSA) is 20.2 Å². The van der Waals surface area contributed by atoms with E-state index < -0.39 is 5.60 Å². The van der Waals surface area contributed by atoms with Crippen LogP contribution in [0, 0.1) is 23.2 Å². The monoisotopic (exact) mass is 356 g/mol. The summed E-state index contributed by atoms with van der Waals surface area (Å²) < 4.78 is 0. The Bertz CT molecular complexity index is 382. The van der Waals surface area contributed by atoms with Gasteiger partial charge >= 0.3 is 0 Å². The van der Waals surface area contributed by atoms with Crippen molar-refractivity contribution in [1.29, 1.82) is 0 Å². The first-order chi connectivity index (χ1) is 9.78. The van der Waals surface area contributed by atoms with Crippen molar-refractivity contribution >= 4 is 15.9 Å². The molecule has 0 aromatic rings. The average Bonchev–Trinajstić information content (AvgIpc) is 2.73. The lowest BCUT2D eigenvalue weighted by atomic mass is 9.61. The van der Waals surface area contributed by atoms with Gasteiger partial charge in [-0.25, -0.2) is 0 Å². The fourth-order valence-electron chi connectivity index (χ4n) is 5.20. The molecule has 2 aliphatic rings. The fraction of sp³-hybridized carbons (Fsp3) is 0.895. The molecule has 1 nitrogen and oxygen atoms in total. The van der Waals surface area contributed by atoms with Crippen molar-refractivity contribution < 1.29 is 5.11 Å². The van der Waals surface area contributed by atoms with Gasteiger partial charge in [0.1, 0.15) is 0 Å². The number of allylic oxidation sites excluding steroid dienone is 1. The van der Waals surface area contributed by atoms with Crippen LogP contribution in [0.2, 0.25) is 0 Å². The van der Waals surface area contributed by atoms with Gasteiger partial charge in [0.2, 0.25) is 0 Å². The Labute approximate surface area is 139 Å². The molecule has 0 spiro atoms. The number of hydrogen-bond acceptors (Lipinski definition) is 1. The van der Waals surface area contributed by atoms with E-state index in [2.05, 4.69) is 34.8 Å². The molecule has 0 aliphatic heterocycles. The van der Waals surface area contributed by atoms with Gasteiger partial charge in [-0.2, -0.15) is 0 Å². The lowest BCUT2D eigenvalue weighted by molar-refractivity contribution is 0.0597. The lowest BCUT2D eigenvalue weighted by Gasteiger charge is -2.44. The third kappa shape index (κ3) is 3.93. The fourth-order valence-corrected chi connectivity index (χ4v) is 5.75. The largest absolute Gasteiger partial charge is 0.390 e. The predicted molar refractivity (Wildman–Crippen MR) is 94.5 cm³/mol. The van der Waals surface area contributed by atoms with E-state index in [1.165, 1.54) is 38.5 Å². The highest BCUT2D eigenvalue weighted by atomic mass is 79.9. The van der Waals surface area contributed by atoms with Crippen LogP contribution >= 0.6 is 15.9 Å². The van der Waals surface area contributed by atoms with Crippen molar-refractivity contribution in [1.82, 2.24) is 0 Å². The molecule has 4 atom stereocenters. The van der Waals surface area contributed by atoms with Gasteiger partial charge in [-0.3, -0.25) is 0 Å². The number of rotatable bonds is 5. The summed E-state index contributed by atoms with van der Waals surface area (Å²) >= 11 is 3.60. The van der Waals surface area contributed by atoms with Crippen LogP contribution in [0.5, 0.6) is 0 Å². The van der Waals surface area contributed by atoms with E-state index >= 15 is 0 Å². The third-order valence-corrected chi connectivity index (χ3v) is 6.90. The summed E-state index contributed by atoms with van der Waals surface area (Å²) in [6.07, 6.45) is 10.2. The van der Waals surface area contributed by atoms with Crippen molar-refractivity contribution in [3.63, 3.8) is 0 Å². The highest BCUT2D eigenvalue weighted by Crippen LogP contribution is 2.59. The second-order valence-electron chi connectivity index (χ2n) is 8.46. The molecule has 0 amide bonds. The van der Waals surface area contributed by atoms with Crippen molar-refractivity contribution in [2.45, 2.75) is 84.7 Å². The molecule has 0 bridgehead atoms. The van der Waals surface area contributed by atoms with Crippen LogP contribution in [-0.4, -0.2) is 10.7 Å². The normalized spacial score (nSPS) is 36.8. The molecule has 0 saturated heterocycles. The second kappa shape index (κ2) is 6.74. The second-order valence-corrected chi connectivity index (χ2v) is 8.92. The SMILES string of the molecule is C[C@H](CCCC(C)(C)O)[C@H]1CC[C@H]2/C(=C/Br)CCCC12C. The Hall–Kier alpha value is 0.180. The highest BCUT2D eigenvalue weighted by molar-refractivity contribution is 9.11. The molecule has 122 valence electrons. The first-order valence-electron chi connectivity index (χ1n) is 8.79. The van der Waals surface area contributed by atoms with Gasteiger partial charge in [0.15, 0.2) is 0 Å². The Morgan fingerprint density at radius 1 is 1.43 bits per heavy atom. The first-order valence-corrected chi connectivity index (χ1v) is 9.71. The quantitative estimate of drug-likeness (QED) is 0.634. The molecule has 2 saturated carbocycles. The Morgan fingerprint density at radius 2 is 2.14 bits per heavy atom. The minimum absolute atomic E-state index is 0.501. The van der Waals surface area contributed by atoms with E-state index in [4.69, 9.17) is 0 Å². The van der Waals surface area contributed by atoms with Crippen LogP contribution in [0.1, 0.15) is 79.1 Å². The summed E-state index contributed by atoms with van der Waals surface area (Å²) in [6.45, 7) is 8.86. The summed E-state index contributed by atoms with van der Waals surface area (Å²) in [5, 5.41) is 9.89. The van der Waals surface area contributed by atoms with Crippen LogP contribution in [0.3, 0.4) is 0 Å². The molecule has 1 unspecified atom stereocenters. The average molecular weight is 357 g/mol. The van der Waals surface area contributed by atoms with E-state index in [1.54, 1.807) is 5.57 Å². The molecule has 0 heterocycles. The van der Waals surface area contributed by atoms with Crippen molar-refractivity contribution in [3.8, 4) is 0 Å². The zero-order valence-electron chi connectivity index (χ0n) is 14.3. The summed E-state index contributed by atoms with van der Waals surface area (Å²) in [4.78, 5) is 2.22. The molecule has 1 N–H and O–H groups in total. The molecule has 2 fully saturated rings. The molecular formula is C19H33BrO. The van der Waals surface area contributed by atoms with Crippen LogP contribution in [-0.2, 0) is 0 Å². The Kier molecular flexibility index (Phi) is 5.63. The summed E-state index contributed by atoms with van der Waals surface area (Å²) in [7, 11) is 0. The van der Waals surface area contributed by atoms with Crippen molar-refractivity contribution in [2.24, 2.45) is 23.2 Å². The predicted octanol–water partition coefficient (Wildman–Crippen LogP) is 6.06. The number of fused-ring (bicyclic) bond motifs is 1. The molecule has 0 aromatic carbocycles. The van der Waals surface area contributed by atoms with Crippen LogP contribution in [0.15, 0.2) is 10.6 Å². The van der Waals surface area contributed by atoms with Gasteiger partial charge in [-0.05, 0) is 80.5 Å². The van der Waals surface area contributed by atoms with Gasteiger partial charge in [0.05, 0.1) is 5.60 Å². The zero-order chi connectivity index (χ0) is 15.7. The minimum atomic E-state index is -0.501. The van der Waals surface area contributed by atoms with Crippen LogP contribution in [0.25, 0.3) is 0 Å². The van der Waals surface area contributed by atoms with Gasteiger partial charge in [0, 0.05) is 0 Å². The minimum Gasteiger partial charge on any atom is -0.390 e. The maximum absolute atomic E-state index is 9.89. The molecule has 2 rings (SSSR count). The van der Waals surface area contributed by atoms with Crippen molar-refractivity contribution in [2.75, 3.05) is 0 Å². The molecule has 2 aliphatic carbocycles. The van der Waals surface area contributed by atoms with Gasteiger partial charge in [0.25, 0.3) is 0 Å². The van der Waals surface area contributed by atoms with Gasteiger partial charge < -0.3 is 5.11 Å². The molecule has 21 heavy (non-hydrogen) atoms. The maximum atomic E-state index is 9.89. The molecular weight excluding hydrogens is 324 g/mol. The van der Waals surface area contributed by atoms with Gasteiger partial charge in [-0.15, -0.1) is 0 Å². The summed E-state index contributed by atoms with van der Waals surface area (Å²) in [5.74, 6) is 2.47. The van der Waals surface area contributed by atoms with E-state index in [0.717, 1.165) is 30.6 Å². The van der Waals surface area contributed by atoms with Crippen LogP contribution in [0.4, 0.5) is 0 Å². The van der Waals surface area contributed by atoms with E-state index in [-0.39, 0.29) is 0 Å². The number of halogens is 1. The van der Waals surface area contributed by atoms with E-state index in [0.29, 0.717) is 5.41 Å². The Morgan fingerprint density at radius 3 is 2.76 bits per heavy atom. The molecule has 2 heteroatoms. The lowest BCUT2D eigenvalue weighted by Crippen LogP contribution is -2.36. The summed E-state index contributed by atoms with van der Waals surface area (Å²) in [6, 6.07) is 0. The van der Waals surface area contributed by atoms with Crippen molar-refractivity contribution in [3.05, 3.63) is 10.6 Å². The summed E-state index contributed by atoms with van der Waals surface area (Å²) in [5.41, 5.74) is 1.68. The number of hydrogen-bond donors (Lipinski definition) is 1. The standard InChI is InChI=1S/C19H33BrO/c1-14(7-5-11-18(2,3)21)16-9-10-17-15(13-20)8-6-12-19(16,17)4/h13-14,16-17,21H,5-12H2,1-4H3/b15-13+/t14-,16-,17+,19?/m1/s1. The van der Waals surface area contributed by atoms with E-state index in [1.807, 2.05) is 13.8 Å². The zero-order valence-corrected chi connectivity index (χ0v) is 15.9. The van der Waals surface area contributed by atoms with E-state index in [9.17, 15) is 5.11 Å². The Balaban J connectivity index is 1.97. The molecule has 0 radical (unpaired) electrons. The smallest absolute Gasteiger partial charge is 0.0591 e. The highest BCUT2D eigenvalue weighted by Gasteiger charge is 2.50. The molecule has 0 aromatic heterocycles. The van der Waals surface area contributed by atoms with Gasteiger partial charge in [-0.1, -0.05) is 48.2 Å². The third-order valence-electron chi connectivity index (χ3n) is 6.31. The number of aliphatic hydroxyl groups is 1. The first kappa shape index (κ1) is 17.5.